The van der Waals surface area contributed by atoms with Crippen molar-refractivity contribution in [3.63, 3.8) is 0 Å². The summed E-state index contributed by atoms with van der Waals surface area (Å²) in [5.74, 6) is 0.170. The highest BCUT2D eigenvalue weighted by atomic mass is 16.1. The van der Waals surface area contributed by atoms with E-state index in [1.54, 1.807) is 0 Å². The average Bonchev–Trinajstić information content (AvgIpc) is 3.06. The lowest BCUT2D eigenvalue weighted by atomic mass is 10.1. The summed E-state index contributed by atoms with van der Waals surface area (Å²) < 4.78 is 1.87. The largest absolute Gasteiger partial charge is 0.384 e. The van der Waals surface area contributed by atoms with Gasteiger partial charge in [-0.2, -0.15) is 0 Å². The van der Waals surface area contributed by atoms with Gasteiger partial charge in [-0.25, -0.2) is 9.97 Å². The standard InChI is InChI=1S/C26H31N5O/c1-4-5-6-7-10-15-28-26(32)22-23-25(30-20-12-9-8-11-19(20)29-23)31(24(22)27)21-16-17(2)13-14-18(21)3/h8-9,11-14,16H,4-7,10,15,27H2,1-3H3,(H,28,32). The third-order valence-corrected chi connectivity index (χ3v) is 5.90. The van der Waals surface area contributed by atoms with E-state index in [4.69, 9.17) is 15.7 Å². The number of nitrogens with two attached hydrogens (primary N) is 1. The summed E-state index contributed by atoms with van der Waals surface area (Å²) in [5.41, 5.74) is 12.7. The van der Waals surface area contributed by atoms with Gasteiger partial charge >= 0.3 is 0 Å². The van der Waals surface area contributed by atoms with E-state index in [9.17, 15) is 4.79 Å². The Morgan fingerprint density at radius 2 is 1.72 bits per heavy atom. The first-order chi connectivity index (χ1) is 15.5. The number of hydrogen-bond acceptors (Lipinski definition) is 4. The number of nitrogens with zero attached hydrogens (tertiary/aromatic N) is 3. The number of fused-ring (bicyclic) bond motifs is 2. The fraction of sp³-hybridized carbons (Fsp3) is 0.346. The number of carbonyl (C=O) groups excluding carboxylic acids is 1. The maximum Gasteiger partial charge on any atom is 0.257 e. The van der Waals surface area contributed by atoms with E-state index in [0.29, 0.717) is 29.1 Å². The Kier molecular flexibility index (Phi) is 6.40. The number of benzene rings is 2. The van der Waals surface area contributed by atoms with Crippen molar-refractivity contribution < 1.29 is 4.79 Å². The highest BCUT2D eigenvalue weighted by Crippen LogP contribution is 2.32. The van der Waals surface area contributed by atoms with Gasteiger partial charge in [0.15, 0.2) is 5.65 Å². The molecule has 0 unspecified atom stereocenters. The molecule has 3 N–H and O–H groups in total. The molecule has 6 nitrogen and oxygen atoms in total. The summed E-state index contributed by atoms with van der Waals surface area (Å²) in [7, 11) is 0. The zero-order chi connectivity index (χ0) is 22.7. The van der Waals surface area contributed by atoms with E-state index in [1.807, 2.05) is 42.7 Å². The molecule has 0 saturated heterocycles. The van der Waals surface area contributed by atoms with Crippen LogP contribution in [-0.2, 0) is 0 Å². The van der Waals surface area contributed by atoms with E-state index >= 15 is 0 Å². The van der Waals surface area contributed by atoms with E-state index in [1.165, 1.54) is 19.3 Å². The SMILES string of the molecule is CCCCCCCNC(=O)c1c(N)n(-c2cc(C)ccc2C)c2nc3ccccc3nc12. The second kappa shape index (κ2) is 9.39. The number of aryl methyl sites for hydroxylation is 2. The Morgan fingerprint density at radius 3 is 2.47 bits per heavy atom. The second-order valence-corrected chi connectivity index (χ2v) is 8.44. The summed E-state index contributed by atoms with van der Waals surface area (Å²) in [4.78, 5) is 22.9. The number of para-hydroxylation sites is 2. The number of hydrogen-bond donors (Lipinski definition) is 2. The summed E-state index contributed by atoms with van der Waals surface area (Å²) in [6.07, 6.45) is 5.69. The molecule has 2 aromatic heterocycles. The third-order valence-electron chi connectivity index (χ3n) is 5.90. The van der Waals surface area contributed by atoms with Crippen LogP contribution in [0.1, 0.15) is 60.5 Å². The summed E-state index contributed by atoms with van der Waals surface area (Å²) in [5, 5.41) is 3.05. The zero-order valence-electron chi connectivity index (χ0n) is 19.1. The van der Waals surface area contributed by atoms with Crippen molar-refractivity contribution in [3.05, 3.63) is 59.2 Å². The minimum Gasteiger partial charge on any atom is -0.384 e. The van der Waals surface area contributed by atoms with Gasteiger partial charge in [0.1, 0.15) is 16.9 Å². The average molecular weight is 430 g/mol. The Morgan fingerprint density at radius 1 is 1.00 bits per heavy atom. The zero-order valence-corrected chi connectivity index (χ0v) is 19.1. The van der Waals surface area contributed by atoms with E-state index in [2.05, 4.69) is 30.4 Å². The summed E-state index contributed by atoms with van der Waals surface area (Å²) in [6, 6.07) is 13.9. The molecule has 0 bridgehead atoms. The third kappa shape index (κ3) is 4.17. The van der Waals surface area contributed by atoms with Gasteiger partial charge in [0.2, 0.25) is 0 Å². The van der Waals surface area contributed by atoms with Gasteiger partial charge in [-0.15, -0.1) is 0 Å². The predicted molar refractivity (Wildman–Crippen MR) is 131 cm³/mol. The number of aromatic nitrogens is 3. The lowest BCUT2D eigenvalue weighted by molar-refractivity contribution is 0.0955. The number of nitrogens with one attached hydrogen (secondary N) is 1. The number of nitrogen functional groups attached to an aromatic ring is 1. The molecule has 0 atom stereocenters. The first-order valence-electron chi connectivity index (χ1n) is 11.4. The molecule has 4 rings (SSSR count). The maximum absolute atomic E-state index is 13.2. The lowest BCUT2D eigenvalue weighted by Gasteiger charge is -2.12. The molecule has 1 amide bonds. The van der Waals surface area contributed by atoms with Crippen LogP contribution in [0.5, 0.6) is 0 Å². The number of anilines is 1. The van der Waals surface area contributed by atoms with Gasteiger partial charge in [0, 0.05) is 6.54 Å². The minimum absolute atomic E-state index is 0.198. The van der Waals surface area contributed by atoms with E-state index in [-0.39, 0.29) is 5.91 Å². The first-order valence-corrected chi connectivity index (χ1v) is 11.4. The van der Waals surface area contributed by atoms with Crippen LogP contribution in [0.3, 0.4) is 0 Å². The predicted octanol–water partition coefficient (Wildman–Crippen LogP) is 5.47. The van der Waals surface area contributed by atoms with Crippen molar-refractivity contribution in [2.24, 2.45) is 0 Å². The highest BCUT2D eigenvalue weighted by Gasteiger charge is 2.25. The van der Waals surface area contributed by atoms with Crippen molar-refractivity contribution in [2.45, 2.75) is 52.9 Å². The van der Waals surface area contributed by atoms with Crippen LogP contribution in [0.15, 0.2) is 42.5 Å². The summed E-state index contributed by atoms with van der Waals surface area (Å²) >= 11 is 0. The molecular formula is C26H31N5O. The van der Waals surface area contributed by atoms with Gasteiger partial charge in [0.05, 0.1) is 16.7 Å². The normalized spacial score (nSPS) is 11.3. The van der Waals surface area contributed by atoms with Crippen LogP contribution < -0.4 is 11.1 Å². The molecule has 166 valence electrons. The monoisotopic (exact) mass is 429 g/mol. The van der Waals surface area contributed by atoms with E-state index < -0.39 is 0 Å². The van der Waals surface area contributed by atoms with Crippen LogP contribution in [0.25, 0.3) is 27.9 Å². The molecule has 0 aliphatic rings. The molecule has 4 aromatic rings. The number of rotatable bonds is 8. The van der Waals surface area contributed by atoms with E-state index in [0.717, 1.165) is 40.7 Å². The molecule has 0 saturated carbocycles. The fourth-order valence-corrected chi connectivity index (χ4v) is 4.11. The van der Waals surface area contributed by atoms with Gasteiger partial charge in [-0.3, -0.25) is 9.36 Å². The second-order valence-electron chi connectivity index (χ2n) is 8.44. The Labute approximate surface area is 188 Å². The number of amides is 1. The van der Waals surface area contributed by atoms with Gasteiger partial charge in [0.25, 0.3) is 5.91 Å². The molecule has 2 aromatic carbocycles. The van der Waals surface area contributed by atoms with Crippen LogP contribution in [0.4, 0.5) is 5.82 Å². The van der Waals surface area contributed by atoms with Crippen LogP contribution >= 0.6 is 0 Å². The van der Waals surface area contributed by atoms with Crippen molar-refractivity contribution >= 4 is 33.9 Å². The first kappa shape index (κ1) is 21.8. The molecule has 0 fully saturated rings. The van der Waals surface area contributed by atoms with Crippen LogP contribution in [0.2, 0.25) is 0 Å². The molecule has 0 aliphatic carbocycles. The quantitative estimate of drug-likeness (QED) is 0.364. The highest BCUT2D eigenvalue weighted by molar-refractivity contribution is 6.11. The van der Waals surface area contributed by atoms with Gasteiger partial charge in [-0.1, -0.05) is 56.9 Å². The maximum atomic E-state index is 13.2. The number of carbonyl (C=O) groups is 1. The van der Waals surface area contributed by atoms with Gasteiger partial charge in [-0.05, 0) is 49.6 Å². The molecule has 0 aliphatic heterocycles. The molecule has 6 heteroatoms. The molecule has 2 heterocycles. The van der Waals surface area contributed by atoms with Crippen molar-refractivity contribution in [3.8, 4) is 5.69 Å². The van der Waals surface area contributed by atoms with Crippen LogP contribution in [-0.4, -0.2) is 27.0 Å². The lowest BCUT2D eigenvalue weighted by Crippen LogP contribution is -2.25. The smallest absolute Gasteiger partial charge is 0.257 e. The molecule has 32 heavy (non-hydrogen) atoms. The minimum atomic E-state index is -0.198. The molecule has 0 spiro atoms. The summed E-state index contributed by atoms with van der Waals surface area (Å²) in [6.45, 7) is 6.89. The Hall–Kier alpha value is -3.41. The Bertz CT molecular complexity index is 1270. The topological polar surface area (TPSA) is 85.8 Å². The molecular weight excluding hydrogens is 398 g/mol. The van der Waals surface area contributed by atoms with Crippen molar-refractivity contribution in [1.82, 2.24) is 19.9 Å². The van der Waals surface area contributed by atoms with Crippen molar-refractivity contribution in [1.29, 1.82) is 0 Å². The van der Waals surface area contributed by atoms with Gasteiger partial charge < -0.3 is 11.1 Å². The Balaban J connectivity index is 1.80. The molecule has 0 radical (unpaired) electrons. The number of unbranched alkanes of at least 4 members (excludes halogenated alkanes) is 4. The van der Waals surface area contributed by atoms with Crippen LogP contribution in [0, 0.1) is 13.8 Å². The van der Waals surface area contributed by atoms with Crippen molar-refractivity contribution in [2.75, 3.05) is 12.3 Å². The fourth-order valence-electron chi connectivity index (χ4n) is 4.11.